The molecule has 0 bridgehead atoms. The van der Waals surface area contributed by atoms with Crippen molar-refractivity contribution in [2.24, 2.45) is 0 Å². The molecule has 0 aliphatic carbocycles. The van der Waals surface area contributed by atoms with Crippen LogP contribution in [0.2, 0.25) is 0 Å². The van der Waals surface area contributed by atoms with E-state index in [1.54, 1.807) is 6.07 Å². The van der Waals surface area contributed by atoms with Crippen molar-refractivity contribution in [1.82, 2.24) is 19.9 Å². The summed E-state index contributed by atoms with van der Waals surface area (Å²) in [4.78, 5) is 27.8. The Morgan fingerprint density at radius 3 is 2.52 bits per heavy atom. The number of nitrogens with zero attached hydrogens (tertiary/aromatic N) is 4. The van der Waals surface area contributed by atoms with Crippen molar-refractivity contribution in [3.63, 3.8) is 0 Å². The van der Waals surface area contributed by atoms with Gasteiger partial charge < -0.3 is 14.8 Å². The number of hydrogen-bond acceptors (Lipinski definition) is 7. The molecule has 0 spiro atoms. The van der Waals surface area contributed by atoms with Crippen LogP contribution in [-0.2, 0) is 0 Å². The van der Waals surface area contributed by atoms with Gasteiger partial charge in [-0.05, 0) is 19.9 Å². The number of nitrogens with one attached hydrogen (secondary N) is 1. The molecule has 1 amide bonds. The number of anilines is 1. The van der Waals surface area contributed by atoms with E-state index in [4.69, 9.17) is 9.47 Å². The zero-order valence-electron chi connectivity index (χ0n) is 11.7. The second-order valence-electron chi connectivity index (χ2n) is 3.76. The summed E-state index contributed by atoms with van der Waals surface area (Å²) in [7, 11) is 0. The maximum atomic E-state index is 12.0. The largest absolute Gasteiger partial charge is 0.476 e. The number of aromatic nitrogens is 4. The highest BCUT2D eigenvalue weighted by atomic mass is 16.5. The van der Waals surface area contributed by atoms with Crippen LogP contribution in [0.3, 0.4) is 0 Å². The van der Waals surface area contributed by atoms with Crippen LogP contribution in [0.5, 0.6) is 11.9 Å². The predicted octanol–water partition coefficient (Wildman–Crippen LogP) is 1.32. The molecule has 2 aromatic rings. The van der Waals surface area contributed by atoms with Gasteiger partial charge in [-0.25, -0.2) is 15.0 Å². The molecule has 0 aromatic carbocycles. The molecule has 21 heavy (non-hydrogen) atoms. The maximum absolute atomic E-state index is 12.0. The minimum Gasteiger partial charge on any atom is -0.476 e. The van der Waals surface area contributed by atoms with Gasteiger partial charge in [0, 0.05) is 12.4 Å². The Balaban J connectivity index is 2.20. The zero-order valence-corrected chi connectivity index (χ0v) is 11.7. The smallest absolute Gasteiger partial charge is 0.319 e. The Hall–Kier alpha value is -2.77. The molecule has 8 nitrogen and oxygen atoms in total. The van der Waals surface area contributed by atoms with E-state index in [2.05, 4.69) is 25.3 Å². The molecule has 8 heteroatoms. The maximum Gasteiger partial charge on any atom is 0.319 e. The van der Waals surface area contributed by atoms with E-state index in [-0.39, 0.29) is 17.7 Å². The highest BCUT2D eigenvalue weighted by Crippen LogP contribution is 2.23. The summed E-state index contributed by atoms with van der Waals surface area (Å²) in [6.45, 7) is 4.48. The van der Waals surface area contributed by atoms with Crippen molar-refractivity contribution in [3.8, 4) is 11.9 Å². The van der Waals surface area contributed by atoms with Gasteiger partial charge in [-0.3, -0.25) is 4.79 Å². The Morgan fingerprint density at radius 2 is 1.86 bits per heavy atom. The molecule has 2 aromatic heterocycles. The third kappa shape index (κ3) is 3.85. The zero-order chi connectivity index (χ0) is 15.1. The summed E-state index contributed by atoms with van der Waals surface area (Å²) >= 11 is 0. The van der Waals surface area contributed by atoms with E-state index in [1.807, 2.05) is 13.8 Å². The first-order valence-electron chi connectivity index (χ1n) is 6.45. The van der Waals surface area contributed by atoms with Gasteiger partial charge in [-0.15, -0.1) is 0 Å². The summed E-state index contributed by atoms with van der Waals surface area (Å²) in [5.74, 6) is -0.182. The van der Waals surface area contributed by atoms with E-state index >= 15 is 0 Å². The monoisotopic (exact) mass is 289 g/mol. The summed E-state index contributed by atoms with van der Waals surface area (Å²) < 4.78 is 10.6. The third-order valence-electron chi connectivity index (χ3n) is 2.30. The van der Waals surface area contributed by atoms with Gasteiger partial charge in [-0.1, -0.05) is 0 Å². The number of hydrogen-bond donors (Lipinski definition) is 1. The lowest BCUT2D eigenvalue weighted by Crippen LogP contribution is -2.17. The summed E-state index contributed by atoms with van der Waals surface area (Å²) in [6.07, 6.45) is 4.39. The normalized spacial score (nSPS) is 10.0. The van der Waals surface area contributed by atoms with E-state index in [0.717, 1.165) is 0 Å². The summed E-state index contributed by atoms with van der Waals surface area (Å²) in [5, 5.41) is 2.61. The second kappa shape index (κ2) is 7.13. The van der Waals surface area contributed by atoms with Crippen LogP contribution in [-0.4, -0.2) is 39.1 Å². The molecule has 0 saturated heterocycles. The fourth-order valence-electron chi connectivity index (χ4n) is 1.48. The number of rotatable bonds is 6. The number of ether oxygens (including phenoxy) is 2. The van der Waals surface area contributed by atoms with Gasteiger partial charge in [-0.2, -0.15) is 4.98 Å². The van der Waals surface area contributed by atoms with Crippen LogP contribution in [0.25, 0.3) is 0 Å². The van der Waals surface area contributed by atoms with Gasteiger partial charge >= 0.3 is 6.01 Å². The standard InChI is InChI=1S/C13H15N5O3/c1-3-20-12-9(8-16-13(18-12)21-4-2)17-11(19)10-14-6-5-7-15-10/h5-8H,3-4H2,1-2H3,(H,17,19). The van der Waals surface area contributed by atoms with Crippen LogP contribution in [0.1, 0.15) is 24.5 Å². The second-order valence-corrected chi connectivity index (χ2v) is 3.76. The van der Waals surface area contributed by atoms with Crippen molar-refractivity contribution in [2.45, 2.75) is 13.8 Å². The van der Waals surface area contributed by atoms with Crippen molar-refractivity contribution < 1.29 is 14.3 Å². The molecular formula is C13H15N5O3. The average molecular weight is 289 g/mol. The molecule has 0 saturated carbocycles. The number of amides is 1. The molecule has 1 N–H and O–H groups in total. The molecular weight excluding hydrogens is 274 g/mol. The Bertz CT molecular complexity index is 606. The van der Waals surface area contributed by atoms with E-state index in [0.29, 0.717) is 18.9 Å². The SMILES string of the molecule is CCOc1ncc(NC(=O)c2ncccn2)c(OCC)n1. The minimum atomic E-state index is -0.468. The molecule has 0 fully saturated rings. The fraction of sp³-hybridized carbons (Fsp3) is 0.308. The minimum absolute atomic E-state index is 0.0498. The summed E-state index contributed by atoms with van der Waals surface area (Å²) in [6, 6.07) is 1.82. The molecule has 2 rings (SSSR count). The number of carbonyl (C=O) groups is 1. The first kappa shape index (κ1) is 14.6. The fourth-order valence-corrected chi connectivity index (χ4v) is 1.48. The summed E-state index contributed by atoms with van der Waals surface area (Å²) in [5.41, 5.74) is 0.331. The Kier molecular flexibility index (Phi) is 4.97. The highest BCUT2D eigenvalue weighted by molar-refractivity contribution is 6.02. The van der Waals surface area contributed by atoms with Gasteiger partial charge in [0.2, 0.25) is 11.7 Å². The van der Waals surface area contributed by atoms with Gasteiger partial charge in [0.1, 0.15) is 5.69 Å². The first-order valence-corrected chi connectivity index (χ1v) is 6.45. The Labute approximate surface area is 121 Å². The lowest BCUT2D eigenvalue weighted by molar-refractivity contribution is 0.101. The molecule has 2 heterocycles. The van der Waals surface area contributed by atoms with E-state index < -0.39 is 5.91 Å². The molecule has 0 aliphatic heterocycles. The third-order valence-corrected chi connectivity index (χ3v) is 2.30. The van der Waals surface area contributed by atoms with Crippen LogP contribution >= 0.6 is 0 Å². The Morgan fingerprint density at radius 1 is 1.14 bits per heavy atom. The van der Waals surface area contributed by atoms with E-state index in [9.17, 15) is 4.79 Å². The van der Waals surface area contributed by atoms with Gasteiger partial charge in [0.25, 0.3) is 5.91 Å². The van der Waals surface area contributed by atoms with E-state index in [1.165, 1.54) is 18.6 Å². The van der Waals surface area contributed by atoms with Crippen LogP contribution in [0, 0.1) is 0 Å². The van der Waals surface area contributed by atoms with Crippen molar-refractivity contribution in [2.75, 3.05) is 18.5 Å². The van der Waals surface area contributed by atoms with Gasteiger partial charge in [0.05, 0.1) is 19.4 Å². The molecule has 0 atom stereocenters. The van der Waals surface area contributed by atoms with Gasteiger partial charge in [0.15, 0.2) is 0 Å². The lowest BCUT2D eigenvalue weighted by atomic mass is 10.4. The highest BCUT2D eigenvalue weighted by Gasteiger charge is 2.14. The lowest BCUT2D eigenvalue weighted by Gasteiger charge is -2.10. The molecule has 0 aliphatic rings. The first-order chi connectivity index (χ1) is 10.2. The predicted molar refractivity (Wildman–Crippen MR) is 74.4 cm³/mol. The van der Waals surface area contributed by atoms with Crippen LogP contribution in [0.15, 0.2) is 24.7 Å². The average Bonchev–Trinajstić information content (AvgIpc) is 2.51. The number of carbonyl (C=O) groups excluding carboxylic acids is 1. The van der Waals surface area contributed by atoms with Crippen LogP contribution < -0.4 is 14.8 Å². The van der Waals surface area contributed by atoms with Crippen LogP contribution in [0.4, 0.5) is 5.69 Å². The van der Waals surface area contributed by atoms with Crippen molar-refractivity contribution >= 4 is 11.6 Å². The molecule has 0 radical (unpaired) electrons. The van der Waals surface area contributed by atoms with Crippen molar-refractivity contribution in [1.29, 1.82) is 0 Å². The molecule has 110 valence electrons. The quantitative estimate of drug-likeness (QED) is 0.856. The topological polar surface area (TPSA) is 99.1 Å². The van der Waals surface area contributed by atoms with Crippen molar-refractivity contribution in [3.05, 3.63) is 30.5 Å². The molecule has 0 unspecified atom stereocenters.